The molecule has 0 bridgehead atoms. The van der Waals surface area contributed by atoms with Crippen molar-refractivity contribution in [3.05, 3.63) is 35.4 Å². The van der Waals surface area contributed by atoms with E-state index in [1.807, 2.05) is 29.2 Å². The molecule has 5 fully saturated rings. The average molecular weight is 482 g/mol. The summed E-state index contributed by atoms with van der Waals surface area (Å²) in [4.78, 5) is 26.5. The maximum atomic E-state index is 13.4. The van der Waals surface area contributed by atoms with Crippen LogP contribution in [0, 0.1) is 35.0 Å². The lowest BCUT2D eigenvalue weighted by atomic mass is 9.47. The highest BCUT2D eigenvalue weighted by Crippen LogP contribution is 2.68. The Kier molecular flexibility index (Phi) is 5.76. The summed E-state index contributed by atoms with van der Waals surface area (Å²) in [5, 5.41) is 18.8. The lowest BCUT2D eigenvalue weighted by Gasteiger charge is -2.65. The normalized spacial score (nSPS) is 41.7. The van der Waals surface area contributed by atoms with E-state index in [1.165, 1.54) is 32.1 Å². The standard InChI is InChI=1S/C29H39NO5/c1-28-14-15-30(27(34)20-5-3-2-4-18(20)17-31)16-19(28)6-7-21-22(28)12-13-29-23(21)8-9-24(29)25(35-29)10-11-26(32)33/h2-5,19,21-25,31H,6-17H2,1H3,(H,32,33). The summed E-state index contributed by atoms with van der Waals surface area (Å²) in [6, 6.07) is 7.44. The predicted octanol–water partition coefficient (Wildman–Crippen LogP) is 4.50. The van der Waals surface area contributed by atoms with Crippen molar-refractivity contribution in [3.8, 4) is 0 Å². The van der Waals surface area contributed by atoms with Gasteiger partial charge in [-0.05, 0) is 92.1 Å². The minimum atomic E-state index is -0.719. The zero-order valence-corrected chi connectivity index (χ0v) is 20.8. The Morgan fingerprint density at radius 3 is 2.66 bits per heavy atom. The molecule has 6 heteroatoms. The monoisotopic (exact) mass is 481 g/mol. The molecule has 2 saturated heterocycles. The van der Waals surface area contributed by atoms with Crippen LogP contribution in [0.2, 0.25) is 0 Å². The van der Waals surface area contributed by atoms with Gasteiger partial charge in [0.2, 0.25) is 0 Å². The van der Waals surface area contributed by atoms with Gasteiger partial charge in [-0.3, -0.25) is 9.59 Å². The number of amides is 1. The maximum Gasteiger partial charge on any atom is 0.303 e. The minimum absolute atomic E-state index is 0.0260. The zero-order valence-electron chi connectivity index (χ0n) is 20.8. The van der Waals surface area contributed by atoms with Crippen molar-refractivity contribution in [3.63, 3.8) is 0 Å². The molecule has 35 heavy (non-hydrogen) atoms. The molecule has 2 N–H and O–H groups in total. The Morgan fingerprint density at radius 2 is 1.86 bits per heavy atom. The van der Waals surface area contributed by atoms with E-state index in [4.69, 9.17) is 9.84 Å². The van der Waals surface area contributed by atoms with Crippen molar-refractivity contribution in [2.24, 2.45) is 35.0 Å². The van der Waals surface area contributed by atoms with Crippen molar-refractivity contribution in [1.82, 2.24) is 4.90 Å². The second kappa shape index (κ2) is 8.58. The van der Waals surface area contributed by atoms with Gasteiger partial charge >= 0.3 is 5.97 Å². The number of aliphatic hydroxyl groups excluding tert-OH is 1. The third-order valence-corrected chi connectivity index (χ3v) is 11.1. The molecular formula is C29H39NO5. The second-order valence-corrected chi connectivity index (χ2v) is 12.2. The molecule has 3 aliphatic carbocycles. The first-order valence-corrected chi connectivity index (χ1v) is 13.7. The molecule has 2 aliphatic heterocycles. The molecule has 5 aliphatic rings. The predicted molar refractivity (Wildman–Crippen MR) is 131 cm³/mol. The fraction of sp³-hybridized carbons (Fsp3) is 0.724. The van der Waals surface area contributed by atoms with Crippen molar-refractivity contribution in [2.75, 3.05) is 13.1 Å². The van der Waals surface area contributed by atoms with Crippen molar-refractivity contribution >= 4 is 11.9 Å². The van der Waals surface area contributed by atoms with Crippen LogP contribution >= 0.6 is 0 Å². The first-order chi connectivity index (χ1) is 16.9. The van der Waals surface area contributed by atoms with Crippen LogP contribution in [0.25, 0.3) is 0 Å². The Labute approximate surface area is 208 Å². The highest BCUT2D eigenvalue weighted by Gasteiger charge is 2.68. The van der Waals surface area contributed by atoms with Gasteiger partial charge in [-0.2, -0.15) is 0 Å². The summed E-state index contributed by atoms with van der Waals surface area (Å²) in [5.74, 6) is 2.45. The number of nitrogens with zero attached hydrogens (tertiary/aromatic N) is 1. The van der Waals surface area contributed by atoms with Gasteiger partial charge in [-0.1, -0.05) is 25.1 Å². The number of fused-ring (bicyclic) bond motifs is 4. The molecule has 8 atom stereocenters. The van der Waals surface area contributed by atoms with E-state index < -0.39 is 5.97 Å². The molecule has 190 valence electrons. The molecule has 1 aromatic rings. The van der Waals surface area contributed by atoms with Gasteiger partial charge in [0, 0.05) is 31.0 Å². The van der Waals surface area contributed by atoms with Crippen LogP contribution in [0.3, 0.4) is 0 Å². The Hall–Kier alpha value is -1.92. The topological polar surface area (TPSA) is 87.1 Å². The molecule has 1 aromatic carbocycles. The number of hydrogen-bond donors (Lipinski definition) is 2. The zero-order chi connectivity index (χ0) is 24.4. The summed E-state index contributed by atoms with van der Waals surface area (Å²) >= 11 is 0. The minimum Gasteiger partial charge on any atom is -0.481 e. The Balaban J connectivity index is 1.15. The number of carboxylic acids is 1. The molecular weight excluding hydrogens is 442 g/mol. The van der Waals surface area contributed by atoms with Gasteiger partial charge < -0.3 is 19.8 Å². The number of piperidine rings is 1. The van der Waals surface area contributed by atoms with E-state index in [1.54, 1.807) is 0 Å². The van der Waals surface area contributed by atoms with Gasteiger partial charge in [0.1, 0.15) is 0 Å². The van der Waals surface area contributed by atoms with Crippen LogP contribution in [0.5, 0.6) is 0 Å². The van der Waals surface area contributed by atoms with Crippen LogP contribution < -0.4 is 0 Å². The fourth-order valence-electron chi connectivity index (χ4n) is 9.39. The highest BCUT2D eigenvalue weighted by molar-refractivity contribution is 5.95. The van der Waals surface area contributed by atoms with E-state index in [0.717, 1.165) is 25.9 Å². The van der Waals surface area contributed by atoms with Crippen LogP contribution in [-0.4, -0.2) is 51.8 Å². The van der Waals surface area contributed by atoms with Crippen LogP contribution in [-0.2, 0) is 16.1 Å². The number of ether oxygens (including phenoxy) is 1. The summed E-state index contributed by atoms with van der Waals surface area (Å²) in [7, 11) is 0. The number of carboxylic acid groups (broad SMARTS) is 1. The lowest BCUT2D eigenvalue weighted by molar-refractivity contribution is -0.296. The van der Waals surface area contributed by atoms with Crippen LogP contribution in [0.1, 0.15) is 80.6 Å². The molecule has 6 rings (SSSR count). The number of rotatable bonds is 5. The van der Waals surface area contributed by atoms with E-state index in [-0.39, 0.29) is 36.1 Å². The van der Waals surface area contributed by atoms with Crippen molar-refractivity contribution in [2.45, 2.75) is 83.0 Å². The highest BCUT2D eigenvalue weighted by atomic mass is 16.5. The first-order valence-electron chi connectivity index (χ1n) is 13.7. The number of likely N-dealkylation sites (tertiary alicyclic amines) is 1. The molecule has 8 unspecified atom stereocenters. The Morgan fingerprint density at radius 1 is 1.06 bits per heavy atom. The lowest BCUT2D eigenvalue weighted by Crippen LogP contribution is -2.66. The van der Waals surface area contributed by atoms with Crippen molar-refractivity contribution in [1.29, 1.82) is 0 Å². The molecule has 0 aromatic heterocycles. The smallest absolute Gasteiger partial charge is 0.303 e. The summed E-state index contributed by atoms with van der Waals surface area (Å²) in [5.41, 5.74) is 1.65. The van der Waals surface area contributed by atoms with Crippen molar-refractivity contribution < 1.29 is 24.5 Å². The fourth-order valence-corrected chi connectivity index (χ4v) is 9.39. The first kappa shape index (κ1) is 23.5. The van der Waals surface area contributed by atoms with Gasteiger partial charge in [-0.25, -0.2) is 0 Å². The van der Waals surface area contributed by atoms with Gasteiger partial charge in [-0.15, -0.1) is 0 Å². The van der Waals surface area contributed by atoms with E-state index >= 15 is 0 Å². The van der Waals surface area contributed by atoms with Gasteiger partial charge in [0.15, 0.2) is 0 Å². The van der Waals surface area contributed by atoms with Gasteiger partial charge in [0.05, 0.1) is 18.3 Å². The average Bonchev–Trinajstić information content (AvgIpc) is 3.15. The quantitative estimate of drug-likeness (QED) is 0.647. The molecule has 3 saturated carbocycles. The summed E-state index contributed by atoms with van der Waals surface area (Å²) in [6.07, 6.45) is 9.23. The number of aliphatic carboxylic acids is 1. The van der Waals surface area contributed by atoms with E-state index in [9.17, 15) is 14.7 Å². The summed E-state index contributed by atoms with van der Waals surface area (Å²) < 4.78 is 6.61. The number of carbonyl (C=O) groups is 2. The van der Waals surface area contributed by atoms with Gasteiger partial charge in [0.25, 0.3) is 5.91 Å². The number of benzene rings is 1. The summed E-state index contributed by atoms with van der Waals surface area (Å²) in [6.45, 7) is 4.01. The molecule has 1 amide bonds. The number of hydrogen-bond acceptors (Lipinski definition) is 4. The van der Waals surface area contributed by atoms with Crippen LogP contribution in [0.15, 0.2) is 24.3 Å². The molecule has 1 spiro atoms. The molecule has 0 radical (unpaired) electrons. The van der Waals surface area contributed by atoms with Crippen LogP contribution in [0.4, 0.5) is 0 Å². The SMILES string of the molecule is CC12CCN(C(=O)c3ccccc3CO)CC1CCC1C2CCC23OC(CCC(=O)O)C2CCC13. The van der Waals surface area contributed by atoms with E-state index in [2.05, 4.69) is 6.92 Å². The third kappa shape index (κ3) is 3.50. The molecule has 2 heterocycles. The molecule has 6 nitrogen and oxygen atoms in total. The number of aliphatic hydroxyl groups is 1. The number of carbonyl (C=O) groups excluding carboxylic acids is 1. The Bertz CT molecular complexity index is 1010. The third-order valence-electron chi connectivity index (χ3n) is 11.1. The second-order valence-electron chi connectivity index (χ2n) is 12.2. The maximum absolute atomic E-state index is 13.4. The van der Waals surface area contributed by atoms with E-state index in [0.29, 0.717) is 47.1 Å². The largest absolute Gasteiger partial charge is 0.481 e.